The number of likely N-dealkylation sites (N-methyl/N-ethyl adjacent to an activating group) is 2. The van der Waals surface area contributed by atoms with Crippen molar-refractivity contribution in [3.05, 3.63) is 36.0 Å². The molecule has 0 aliphatic heterocycles. The van der Waals surface area contributed by atoms with Crippen LogP contribution in [0.1, 0.15) is 13.8 Å². The third-order valence-electron chi connectivity index (χ3n) is 2.43. The summed E-state index contributed by atoms with van der Waals surface area (Å²) in [5.41, 5.74) is 0.553. The van der Waals surface area contributed by atoms with Crippen LogP contribution < -0.4 is 0 Å². The molecule has 0 amide bonds. The zero-order valence-corrected chi connectivity index (χ0v) is 12.2. The van der Waals surface area contributed by atoms with Gasteiger partial charge in [0.25, 0.3) is 0 Å². The molecule has 0 fully saturated rings. The van der Waals surface area contributed by atoms with Crippen molar-refractivity contribution in [3.8, 4) is 0 Å². The summed E-state index contributed by atoms with van der Waals surface area (Å²) in [6.07, 6.45) is 3.08. The van der Waals surface area contributed by atoms with Crippen LogP contribution in [0.4, 0.5) is 4.39 Å². The van der Waals surface area contributed by atoms with Gasteiger partial charge in [0, 0.05) is 26.2 Å². The summed E-state index contributed by atoms with van der Waals surface area (Å²) in [4.78, 5) is 3.94. The molecule has 0 saturated carbocycles. The summed E-state index contributed by atoms with van der Waals surface area (Å²) >= 11 is 0. The van der Waals surface area contributed by atoms with Gasteiger partial charge >= 0.3 is 0 Å². The van der Waals surface area contributed by atoms with Gasteiger partial charge in [-0.2, -0.15) is 0 Å². The van der Waals surface area contributed by atoms with Crippen LogP contribution in [0.2, 0.25) is 0 Å². The lowest BCUT2D eigenvalue weighted by Crippen LogP contribution is -2.28. The summed E-state index contributed by atoms with van der Waals surface area (Å²) in [6, 6.07) is 0. The minimum atomic E-state index is -0.322. The van der Waals surface area contributed by atoms with Crippen molar-refractivity contribution in [1.82, 2.24) is 9.80 Å². The van der Waals surface area contributed by atoms with Crippen molar-refractivity contribution in [2.24, 2.45) is 0 Å². The Morgan fingerprint density at radius 1 is 1.28 bits per heavy atom. The topological polar surface area (TPSA) is 15.7 Å². The molecule has 0 N–H and O–H groups in total. The molecule has 0 radical (unpaired) electrons. The lowest BCUT2D eigenvalue weighted by Gasteiger charge is -2.23. The van der Waals surface area contributed by atoms with Crippen molar-refractivity contribution in [3.63, 3.8) is 0 Å². The molecular weight excluding hydrogens is 231 g/mol. The number of hydrogen-bond donors (Lipinski definition) is 0. The lowest BCUT2D eigenvalue weighted by molar-refractivity contribution is 0.242. The Kier molecular flexibility index (Phi) is 8.12. The first kappa shape index (κ1) is 16.7. The summed E-state index contributed by atoms with van der Waals surface area (Å²) in [6.45, 7) is 9.42. The minimum absolute atomic E-state index is 0.322. The maximum Gasteiger partial charge on any atom is 0.149 e. The second-order valence-corrected chi connectivity index (χ2v) is 4.29. The molecule has 0 aliphatic rings. The Balaban J connectivity index is 4.62. The van der Waals surface area contributed by atoms with Gasteiger partial charge in [-0.25, -0.2) is 4.39 Å². The molecule has 0 unspecified atom stereocenters. The maximum absolute atomic E-state index is 14.0. The molecule has 0 saturated heterocycles. The van der Waals surface area contributed by atoms with E-state index >= 15 is 0 Å². The quantitative estimate of drug-likeness (QED) is 0.490. The molecule has 4 heteroatoms. The van der Waals surface area contributed by atoms with Gasteiger partial charge in [-0.3, -0.25) is 0 Å². The van der Waals surface area contributed by atoms with Gasteiger partial charge in [-0.05, 0) is 27.9 Å². The molecular formula is C14H25FN2O. The number of nitrogens with zero attached hydrogens (tertiary/aromatic N) is 2. The molecule has 0 aromatic rings. The second-order valence-electron chi connectivity index (χ2n) is 4.29. The van der Waals surface area contributed by atoms with E-state index in [1.807, 2.05) is 39.9 Å². The Morgan fingerprint density at radius 2 is 1.89 bits per heavy atom. The van der Waals surface area contributed by atoms with E-state index in [0.29, 0.717) is 18.1 Å². The third-order valence-corrected chi connectivity index (χ3v) is 2.43. The van der Waals surface area contributed by atoms with E-state index in [4.69, 9.17) is 4.74 Å². The van der Waals surface area contributed by atoms with Gasteiger partial charge < -0.3 is 14.5 Å². The normalized spacial score (nSPS) is 12.8. The van der Waals surface area contributed by atoms with Crippen molar-refractivity contribution < 1.29 is 9.13 Å². The first-order valence-corrected chi connectivity index (χ1v) is 6.13. The fraction of sp³-hybridized carbons (Fsp3) is 0.571. The molecule has 0 rings (SSSR count). The van der Waals surface area contributed by atoms with Crippen LogP contribution >= 0.6 is 0 Å². The van der Waals surface area contributed by atoms with Gasteiger partial charge in [-0.1, -0.05) is 12.7 Å². The van der Waals surface area contributed by atoms with Crippen LogP contribution in [0.3, 0.4) is 0 Å². The highest BCUT2D eigenvalue weighted by atomic mass is 19.1. The molecule has 18 heavy (non-hydrogen) atoms. The van der Waals surface area contributed by atoms with Gasteiger partial charge in [-0.15, -0.1) is 0 Å². The second kappa shape index (κ2) is 8.75. The van der Waals surface area contributed by atoms with Crippen LogP contribution in [0.25, 0.3) is 0 Å². The summed E-state index contributed by atoms with van der Waals surface area (Å²) in [7, 11) is 5.86. The van der Waals surface area contributed by atoms with Crippen LogP contribution in [0, 0.1) is 0 Å². The van der Waals surface area contributed by atoms with Crippen LogP contribution in [-0.2, 0) is 4.74 Å². The number of rotatable bonds is 8. The standard InChI is InChI=1S/C14H25FN2O/c1-7-14(17(6)10-9-16(4)5)13(15)11-12(3)18-8-2/h7,11H,3,8-10H2,1-2,4-6H3/b13-11+,14-7?. The molecule has 0 aliphatic carbocycles. The highest BCUT2D eigenvalue weighted by molar-refractivity contribution is 5.28. The van der Waals surface area contributed by atoms with Crippen molar-refractivity contribution >= 4 is 0 Å². The SMILES string of the molecule is C=C(/C=C(/F)C(=CC)N(C)CCN(C)C)OCC. The van der Waals surface area contributed by atoms with Crippen LogP contribution in [0.5, 0.6) is 0 Å². The average molecular weight is 256 g/mol. The first-order chi connectivity index (χ1) is 8.42. The van der Waals surface area contributed by atoms with E-state index in [2.05, 4.69) is 11.5 Å². The van der Waals surface area contributed by atoms with E-state index < -0.39 is 0 Å². The zero-order chi connectivity index (χ0) is 14.1. The Bertz CT molecular complexity index is 322. The molecule has 0 atom stereocenters. The van der Waals surface area contributed by atoms with Crippen molar-refractivity contribution in [1.29, 1.82) is 0 Å². The highest BCUT2D eigenvalue weighted by Gasteiger charge is 2.10. The molecule has 0 aromatic heterocycles. The average Bonchev–Trinajstić information content (AvgIpc) is 2.27. The molecule has 0 heterocycles. The monoisotopic (exact) mass is 256 g/mol. The molecule has 0 bridgehead atoms. The van der Waals surface area contributed by atoms with Crippen LogP contribution in [-0.4, -0.2) is 50.6 Å². The predicted octanol–water partition coefficient (Wildman–Crippen LogP) is 2.79. The molecule has 3 nitrogen and oxygen atoms in total. The number of hydrogen-bond acceptors (Lipinski definition) is 3. The zero-order valence-electron chi connectivity index (χ0n) is 12.2. The smallest absolute Gasteiger partial charge is 0.149 e. The maximum atomic E-state index is 14.0. The Labute approximate surface area is 110 Å². The van der Waals surface area contributed by atoms with Gasteiger partial charge in [0.2, 0.25) is 0 Å². The van der Waals surface area contributed by atoms with Gasteiger partial charge in [0.1, 0.15) is 11.6 Å². The van der Waals surface area contributed by atoms with Crippen molar-refractivity contribution in [2.75, 3.05) is 40.8 Å². The summed E-state index contributed by atoms with van der Waals surface area (Å²) in [5, 5.41) is 0. The number of ether oxygens (including phenoxy) is 1. The lowest BCUT2D eigenvalue weighted by atomic mass is 10.3. The Hall–Kier alpha value is -1.29. The number of allylic oxidation sites excluding steroid dienone is 3. The fourth-order valence-electron chi connectivity index (χ4n) is 1.45. The Morgan fingerprint density at radius 3 is 2.33 bits per heavy atom. The number of halogens is 1. The largest absolute Gasteiger partial charge is 0.494 e. The van der Waals surface area contributed by atoms with Crippen LogP contribution in [0.15, 0.2) is 36.0 Å². The minimum Gasteiger partial charge on any atom is -0.494 e. The summed E-state index contributed by atoms with van der Waals surface area (Å²) < 4.78 is 19.1. The van der Waals surface area contributed by atoms with E-state index in [-0.39, 0.29) is 5.83 Å². The predicted molar refractivity (Wildman–Crippen MR) is 74.9 cm³/mol. The molecule has 0 spiro atoms. The summed E-state index contributed by atoms with van der Waals surface area (Å²) in [5.74, 6) is 0.0209. The third kappa shape index (κ3) is 6.45. The van der Waals surface area contributed by atoms with Gasteiger partial charge in [0.15, 0.2) is 0 Å². The van der Waals surface area contributed by atoms with E-state index in [1.54, 1.807) is 6.08 Å². The van der Waals surface area contributed by atoms with Crippen molar-refractivity contribution in [2.45, 2.75) is 13.8 Å². The van der Waals surface area contributed by atoms with E-state index in [9.17, 15) is 4.39 Å². The van der Waals surface area contributed by atoms with E-state index in [0.717, 1.165) is 13.1 Å². The first-order valence-electron chi connectivity index (χ1n) is 6.13. The van der Waals surface area contributed by atoms with Gasteiger partial charge in [0.05, 0.1) is 12.3 Å². The van der Waals surface area contributed by atoms with E-state index in [1.165, 1.54) is 6.08 Å². The highest BCUT2D eigenvalue weighted by Crippen LogP contribution is 2.17. The fourth-order valence-corrected chi connectivity index (χ4v) is 1.45. The molecule has 104 valence electrons. The molecule has 0 aromatic carbocycles.